The molecule has 1 aromatic rings. The fourth-order valence-corrected chi connectivity index (χ4v) is 0.907. The lowest BCUT2D eigenvalue weighted by atomic mass is 10.2. The van der Waals surface area contributed by atoms with E-state index < -0.39 is 4.92 Å². The topological polar surface area (TPSA) is 71.3 Å². The van der Waals surface area contributed by atoms with Crippen LogP contribution < -0.4 is 0 Å². The van der Waals surface area contributed by atoms with Crippen LogP contribution in [0.1, 0.15) is 5.56 Å². The molecule has 0 saturated carbocycles. The molecule has 0 aliphatic rings. The van der Waals surface area contributed by atoms with E-state index in [1.807, 2.05) is 0 Å². The molecule has 0 atom stereocenters. The van der Waals surface area contributed by atoms with Gasteiger partial charge in [-0.1, -0.05) is 0 Å². The highest BCUT2D eigenvalue weighted by Gasteiger charge is 2.14. The molecule has 0 aliphatic heterocycles. The molecule has 0 heterocycles. The van der Waals surface area contributed by atoms with E-state index in [1.54, 1.807) is 6.92 Å². The number of aryl methyl sites for hydroxylation is 1. The van der Waals surface area contributed by atoms with Gasteiger partial charge in [-0.2, -0.15) is 0 Å². The van der Waals surface area contributed by atoms with Gasteiger partial charge >= 0.3 is 5.69 Å². The lowest BCUT2D eigenvalue weighted by Crippen LogP contribution is -1.89. The Bertz CT molecular complexity index is 367. The lowest BCUT2D eigenvalue weighted by molar-refractivity contribution is -0.385. The van der Waals surface area contributed by atoms with E-state index in [9.17, 15) is 10.1 Å². The summed E-state index contributed by atoms with van der Waals surface area (Å²) in [6.45, 7) is 1.59. The molecule has 0 amide bonds. The largest absolute Gasteiger partial charge is 0.385 e. The fraction of sp³-hybridized carbons (Fsp3) is 0.143. The molecule has 0 unspecified atom stereocenters. The van der Waals surface area contributed by atoms with Crippen molar-refractivity contribution in [3.8, 4) is 0 Å². The zero-order chi connectivity index (χ0) is 9.14. The van der Waals surface area contributed by atoms with Gasteiger partial charge in [-0.15, -0.1) is 0 Å². The number of nitro groups is 1. The normalized spacial score (nSPS) is 9.00. The van der Waals surface area contributed by atoms with Crippen LogP contribution in [0.3, 0.4) is 0 Å². The Morgan fingerprint density at radius 1 is 1.58 bits per heavy atom. The zero-order valence-electron chi connectivity index (χ0n) is 6.39. The van der Waals surface area contributed by atoms with Crippen LogP contribution in [-0.4, -0.2) is 4.92 Å². The first kappa shape index (κ1) is 8.14. The molecule has 60 valence electrons. The van der Waals surface area contributed by atoms with Crippen molar-refractivity contribution in [2.45, 2.75) is 6.92 Å². The Morgan fingerprint density at radius 2 is 2.25 bits per heavy atom. The van der Waals surface area contributed by atoms with Crippen LogP contribution in [0, 0.1) is 22.4 Å². The number of hydrogen-bond acceptors (Lipinski definition) is 3. The highest BCUT2D eigenvalue weighted by molar-refractivity contribution is 5.53. The Balaban J connectivity index is 3.23. The molecule has 1 aromatic carbocycles. The molecule has 1 rings (SSSR count). The predicted octanol–water partition coefficient (Wildman–Crippen LogP) is 2.39. The van der Waals surface area contributed by atoms with Crippen LogP contribution in [0.15, 0.2) is 18.2 Å². The molecule has 0 bridgehead atoms. The number of rotatable bonds is 1. The smallest absolute Gasteiger partial charge is 0.258 e. The molecule has 0 spiro atoms. The van der Waals surface area contributed by atoms with Gasteiger partial charge in [0.1, 0.15) is 0 Å². The van der Waals surface area contributed by atoms with E-state index in [2.05, 4.69) is 4.98 Å². The third-order valence-corrected chi connectivity index (χ3v) is 1.49. The Kier molecular flexibility index (Phi) is 2.01. The third-order valence-electron chi connectivity index (χ3n) is 1.49. The van der Waals surface area contributed by atoms with Crippen molar-refractivity contribution < 1.29 is 4.92 Å². The second-order valence-corrected chi connectivity index (χ2v) is 2.33. The highest BCUT2D eigenvalue weighted by Crippen LogP contribution is 2.22. The molecule has 0 N–H and O–H groups in total. The van der Waals surface area contributed by atoms with Crippen molar-refractivity contribution in [3.05, 3.63) is 38.9 Å². The Morgan fingerprint density at radius 3 is 2.67 bits per heavy atom. The van der Waals surface area contributed by atoms with E-state index in [-0.39, 0.29) is 5.69 Å². The van der Waals surface area contributed by atoms with Crippen molar-refractivity contribution in [1.82, 2.24) is 0 Å². The first-order valence-electron chi connectivity index (χ1n) is 3.25. The van der Waals surface area contributed by atoms with Gasteiger partial charge in [0.25, 0.3) is 5.69 Å². The van der Waals surface area contributed by atoms with Gasteiger partial charge in [0.15, 0.2) is 4.98 Å². The van der Waals surface area contributed by atoms with Gasteiger partial charge in [-0.3, -0.25) is 10.1 Å². The third kappa shape index (κ3) is 1.37. The van der Waals surface area contributed by atoms with Crippen LogP contribution in [0.4, 0.5) is 11.4 Å². The van der Waals surface area contributed by atoms with Crippen molar-refractivity contribution in [2.24, 2.45) is 0 Å². The number of hydrogen-bond donors (Lipinski definition) is 0. The first-order valence-corrected chi connectivity index (χ1v) is 3.25. The molecular formula is C7H6N3O2+. The Hall–Kier alpha value is -1.96. The second-order valence-electron chi connectivity index (χ2n) is 2.33. The van der Waals surface area contributed by atoms with E-state index in [0.29, 0.717) is 11.3 Å². The monoisotopic (exact) mass is 164 g/mol. The van der Waals surface area contributed by atoms with E-state index in [4.69, 9.17) is 5.39 Å². The summed E-state index contributed by atoms with van der Waals surface area (Å²) in [6, 6.07) is 4.13. The number of benzene rings is 1. The molecular weight excluding hydrogens is 158 g/mol. The van der Waals surface area contributed by atoms with Crippen molar-refractivity contribution in [3.63, 3.8) is 0 Å². The van der Waals surface area contributed by atoms with Gasteiger partial charge in [-0.25, -0.2) is 0 Å². The van der Waals surface area contributed by atoms with Gasteiger partial charge in [-0.05, 0) is 6.92 Å². The summed E-state index contributed by atoms with van der Waals surface area (Å²) < 4.78 is 0. The summed E-state index contributed by atoms with van der Waals surface area (Å²) >= 11 is 0. The minimum absolute atomic E-state index is 0.0300. The minimum Gasteiger partial charge on any atom is -0.258 e. The molecule has 0 fully saturated rings. The quantitative estimate of drug-likeness (QED) is 0.363. The van der Waals surface area contributed by atoms with Crippen molar-refractivity contribution in [1.29, 1.82) is 5.39 Å². The molecule has 0 saturated heterocycles. The first-order chi connectivity index (χ1) is 5.65. The summed E-state index contributed by atoms with van der Waals surface area (Å²) in [7, 11) is 0. The van der Waals surface area contributed by atoms with Gasteiger partial charge in [0.05, 0.1) is 4.92 Å². The lowest BCUT2D eigenvalue weighted by Gasteiger charge is -1.91. The summed E-state index contributed by atoms with van der Waals surface area (Å²) in [5.74, 6) is 0. The van der Waals surface area contributed by atoms with Gasteiger partial charge in [0.2, 0.25) is 5.39 Å². The standard InChI is InChI=1S/C7H6N3O2/c1-5-4-6(9-8)2-3-7(5)10(11)12/h2-4H,1H3/q+1. The van der Waals surface area contributed by atoms with Crippen LogP contribution in [0.2, 0.25) is 0 Å². The summed E-state index contributed by atoms with van der Waals surface area (Å²) in [5, 5.41) is 18.7. The summed E-state index contributed by atoms with van der Waals surface area (Å²) in [4.78, 5) is 12.8. The Labute approximate surface area is 68.4 Å². The maximum Gasteiger partial charge on any atom is 0.385 e. The van der Waals surface area contributed by atoms with Crippen LogP contribution >= 0.6 is 0 Å². The van der Waals surface area contributed by atoms with Crippen molar-refractivity contribution in [2.75, 3.05) is 0 Å². The van der Waals surface area contributed by atoms with E-state index in [0.717, 1.165) is 0 Å². The predicted molar refractivity (Wildman–Crippen MR) is 42.6 cm³/mol. The zero-order valence-corrected chi connectivity index (χ0v) is 6.39. The van der Waals surface area contributed by atoms with Crippen LogP contribution in [0.5, 0.6) is 0 Å². The van der Waals surface area contributed by atoms with Gasteiger partial charge < -0.3 is 0 Å². The number of nitro benzene ring substituents is 1. The average Bonchev–Trinajstić information content (AvgIpc) is 2.03. The molecule has 5 nitrogen and oxygen atoms in total. The maximum atomic E-state index is 10.3. The highest BCUT2D eigenvalue weighted by atomic mass is 16.6. The fourth-order valence-electron chi connectivity index (χ4n) is 0.907. The van der Waals surface area contributed by atoms with E-state index >= 15 is 0 Å². The summed E-state index contributed by atoms with van der Waals surface area (Å²) in [6.07, 6.45) is 0. The molecule has 0 aliphatic carbocycles. The molecule has 0 aromatic heterocycles. The minimum atomic E-state index is -0.476. The molecule has 12 heavy (non-hydrogen) atoms. The number of diazo groups is 1. The molecule has 5 heteroatoms. The van der Waals surface area contributed by atoms with Crippen LogP contribution in [-0.2, 0) is 0 Å². The average molecular weight is 164 g/mol. The summed E-state index contributed by atoms with van der Waals surface area (Å²) in [5.41, 5.74) is 0.829. The SMILES string of the molecule is Cc1cc([N+]#N)ccc1[N+](=O)[O-]. The van der Waals surface area contributed by atoms with Crippen LogP contribution in [0.25, 0.3) is 4.98 Å². The van der Waals surface area contributed by atoms with Crippen molar-refractivity contribution >= 4 is 11.4 Å². The second kappa shape index (κ2) is 2.96. The van der Waals surface area contributed by atoms with E-state index in [1.165, 1.54) is 18.2 Å². The molecule has 0 radical (unpaired) electrons. The number of nitrogens with zero attached hydrogens (tertiary/aromatic N) is 3. The van der Waals surface area contributed by atoms with Gasteiger partial charge in [0, 0.05) is 23.8 Å². The maximum absolute atomic E-state index is 10.3.